The quantitative estimate of drug-likeness (QED) is 0.280. The summed E-state index contributed by atoms with van der Waals surface area (Å²) in [7, 11) is 0. The number of aliphatic hydroxyl groups excluding tert-OH is 2. The monoisotopic (exact) mass is 376 g/mol. The van der Waals surface area contributed by atoms with E-state index in [1.54, 1.807) is 0 Å². The van der Waals surface area contributed by atoms with E-state index >= 15 is 0 Å². The van der Waals surface area contributed by atoms with E-state index in [0.717, 1.165) is 57.8 Å². The summed E-state index contributed by atoms with van der Waals surface area (Å²) in [6.07, 6.45) is 13.4. The lowest BCUT2D eigenvalue weighted by molar-refractivity contribution is -0.138. The van der Waals surface area contributed by atoms with Gasteiger partial charge in [0.2, 0.25) is 0 Å². The minimum Gasteiger partial charge on any atom is -0.481 e. The highest BCUT2D eigenvalue weighted by Gasteiger charge is 2.01. The third kappa shape index (κ3) is 27.7. The molecular formula is C20H40O6. The Bertz CT molecular complexity index is 319. The summed E-state index contributed by atoms with van der Waals surface area (Å²) in [6.45, 7) is 2.01. The molecule has 0 fully saturated rings. The van der Waals surface area contributed by atoms with Crippen LogP contribution in [-0.4, -0.2) is 45.1 Å². The summed E-state index contributed by atoms with van der Waals surface area (Å²) in [6, 6.07) is 0. The Morgan fingerprint density at radius 3 is 1.46 bits per heavy atom. The molecule has 0 heterocycles. The van der Waals surface area contributed by atoms with Crippen LogP contribution < -0.4 is 0 Å². The van der Waals surface area contributed by atoms with Crippen molar-refractivity contribution in [2.75, 3.05) is 6.61 Å². The number of unbranched alkanes of at least 4 members (excludes halogenated alkanes) is 10. The van der Waals surface area contributed by atoms with Crippen molar-refractivity contribution in [3.05, 3.63) is 0 Å². The Morgan fingerprint density at radius 2 is 1.08 bits per heavy atom. The van der Waals surface area contributed by atoms with Gasteiger partial charge in [-0.1, -0.05) is 71.1 Å². The maximum absolute atomic E-state index is 10.2. The number of hydrogen-bond acceptors (Lipinski definition) is 4. The average molecular weight is 377 g/mol. The molecular weight excluding hydrogens is 336 g/mol. The van der Waals surface area contributed by atoms with E-state index in [-0.39, 0.29) is 13.0 Å². The van der Waals surface area contributed by atoms with E-state index in [2.05, 4.69) is 6.92 Å². The fourth-order valence-corrected chi connectivity index (χ4v) is 2.51. The molecule has 156 valence electrons. The van der Waals surface area contributed by atoms with E-state index in [0.29, 0.717) is 12.8 Å². The number of aliphatic hydroxyl groups is 2. The zero-order valence-corrected chi connectivity index (χ0v) is 16.5. The molecule has 0 amide bonds. The van der Waals surface area contributed by atoms with Gasteiger partial charge in [-0.3, -0.25) is 9.59 Å². The number of hydrogen-bond donors (Lipinski definition) is 4. The van der Waals surface area contributed by atoms with Gasteiger partial charge in [0.25, 0.3) is 0 Å². The summed E-state index contributed by atoms with van der Waals surface area (Å²) in [5.41, 5.74) is 0. The lowest BCUT2D eigenvalue weighted by Gasteiger charge is -2.06. The van der Waals surface area contributed by atoms with Gasteiger partial charge in [0, 0.05) is 12.8 Å². The van der Waals surface area contributed by atoms with Crippen LogP contribution in [0.5, 0.6) is 0 Å². The molecule has 0 aromatic heterocycles. The van der Waals surface area contributed by atoms with Crippen molar-refractivity contribution in [1.29, 1.82) is 0 Å². The van der Waals surface area contributed by atoms with Crippen LogP contribution in [0.4, 0.5) is 0 Å². The number of carboxylic acids is 2. The molecule has 0 aromatic rings. The zero-order chi connectivity index (χ0) is 20.0. The Balaban J connectivity index is 0. The van der Waals surface area contributed by atoms with Crippen molar-refractivity contribution in [2.45, 2.75) is 109 Å². The second-order valence-corrected chi connectivity index (χ2v) is 6.80. The van der Waals surface area contributed by atoms with Gasteiger partial charge in [-0.2, -0.15) is 0 Å². The zero-order valence-electron chi connectivity index (χ0n) is 16.5. The maximum Gasteiger partial charge on any atom is 0.303 e. The van der Waals surface area contributed by atoms with Crippen LogP contribution in [-0.2, 0) is 9.59 Å². The first kappa shape index (κ1) is 27.1. The molecule has 0 rings (SSSR count). The Labute approximate surface area is 158 Å². The molecule has 0 bridgehead atoms. The first-order valence-corrected chi connectivity index (χ1v) is 10.2. The van der Waals surface area contributed by atoms with Crippen LogP contribution in [0, 0.1) is 0 Å². The minimum atomic E-state index is -0.710. The first-order valence-electron chi connectivity index (χ1n) is 10.2. The number of carboxylic acid groups (broad SMARTS) is 2. The molecule has 0 aliphatic heterocycles. The lowest BCUT2D eigenvalue weighted by Crippen LogP contribution is -2.10. The molecule has 0 aromatic carbocycles. The minimum absolute atomic E-state index is 0.144. The van der Waals surface area contributed by atoms with E-state index in [1.807, 2.05) is 0 Å². The Hall–Kier alpha value is -1.14. The fourth-order valence-electron chi connectivity index (χ4n) is 2.51. The van der Waals surface area contributed by atoms with Gasteiger partial charge in [-0.05, 0) is 19.3 Å². The van der Waals surface area contributed by atoms with Gasteiger partial charge in [0.15, 0.2) is 0 Å². The number of aliphatic carboxylic acids is 2. The van der Waals surface area contributed by atoms with Gasteiger partial charge in [-0.25, -0.2) is 0 Å². The van der Waals surface area contributed by atoms with Crippen LogP contribution >= 0.6 is 0 Å². The van der Waals surface area contributed by atoms with Gasteiger partial charge in [0.1, 0.15) is 0 Å². The summed E-state index contributed by atoms with van der Waals surface area (Å²) >= 11 is 0. The summed E-state index contributed by atoms with van der Waals surface area (Å²) in [5.74, 6) is -1.38. The molecule has 0 radical (unpaired) electrons. The third-order valence-corrected chi connectivity index (χ3v) is 4.13. The van der Waals surface area contributed by atoms with Gasteiger partial charge in [-0.15, -0.1) is 0 Å². The number of rotatable bonds is 17. The molecule has 6 nitrogen and oxygen atoms in total. The van der Waals surface area contributed by atoms with Crippen LogP contribution in [0.3, 0.4) is 0 Å². The van der Waals surface area contributed by atoms with Crippen molar-refractivity contribution < 1.29 is 30.0 Å². The molecule has 26 heavy (non-hydrogen) atoms. The average Bonchev–Trinajstić information content (AvgIpc) is 2.60. The predicted molar refractivity (Wildman–Crippen MR) is 103 cm³/mol. The highest BCUT2D eigenvalue weighted by atomic mass is 16.4. The van der Waals surface area contributed by atoms with Crippen molar-refractivity contribution >= 4 is 11.9 Å². The SMILES string of the molecule is CCCCCCCC(=O)O.O=C(O)CCCCCCCCCC(O)CO. The molecule has 0 aliphatic carbocycles. The first-order chi connectivity index (χ1) is 12.4. The molecule has 0 saturated carbocycles. The Morgan fingerprint density at radius 1 is 0.692 bits per heavy atom. The van der Waals surface area contributed by atoms with Crippen LogP contribution in [0.25, 0.3) is 0 Å². The number of carbonyl (C=O) groups is 2. The van der Waals surface area contributed by atoms with Crippen molar-refractivity contribution in [3.63, 3.8) is 0 Å². The standard InChI is InChI=1S/C12H24O4.C8H16O2/c13-10-11(14)8-6-4-2-1-3-5-7-9-12(15)16;1-2-3-4-5-6-7-8(9)10/h11,13-14H,1-10H2,(H,15,16);2-7H2,1H3,(H,9,10). The van der Waals surface area contributed by atoms with Gasteiger partial charge < -0.3 is 20.4 Å². The summed E-state index contributed by atoms with van der Waals surface area (Å²) < 4.78 is 0. The molecule has 0 saturated heterocycles. The van der Waals surface area contributed by atoms with Gasteiger partial charge >= 0.3 is 11.9 Å². The normalized spacial score (nSPS) is 11.5. The van der Waals surface area contributed by atoms with E-state index in [1.165, 1.54) is 19.3 Å². The van der Waals surface area contributed by atoms with E-state index < -0.39 is 18.0 Å². The summed E-state index contributed by atoms with van der Waals surface area (Å²) in [5, 5.41) is 34.3. The molecule has 1 unspecified atom stereocenters. The van der Waals surface area contributed by atoms with Crippen molar-refractivity contribution in [3.8, 4) is 0 Å². The predicted octanol–water partition coefficient (Wildman–Crippen LogP) is 4.37. The molecule has 4 N–H and O–H groups in total. The second kappa shape index (κ2) is 21.9. The van der Waals surface area contributed by atoms with Crippen LogP contribution in [0.15, 0.2) is 0 Å². The molecule has 1 atom stereocenters. The second-order valence-electron chi connectivity index (χ2n) is 6.80. The molecule has 6 heteroatoms. The van der Waals surface area contributed by atoms with Crippen molar-refractivity contribution in [1.82, 2.24) is 0 Å². The molecule has 0 aliphatic rings. The lowest BCUT2D eigenvalue weighted by atomic mass is 10.1. The third-order valence-electron chi connectivity index (χ3n) is 4.13. The van der Waals surface area contributed by atoms with E-state index in [4.69, 9.17) is 20.4 Å². The smallest absolute Gasteiger partial charge is 0.303 e. The maximum atomic E-state index is 10.2. The largest absolute Gasteiger partial charge is 0.481 e. The van der Waals surface area contributed by atoms with Crippen LogP contribution in [0.1, 0.15) is 103 Å². The highest BCUT2D eigenvalue weighted by molar-refractivity contribution is 5.66. The topological polar surface area (TPSA) is 115 Å². The molecule has 0 spiro atoms. The van der Waals surface area contributed by atoms with Crippen molar-refractivity contribution in [2.24, 2.45) is 0 Å². The fraction of sp³-hybridized carbons (Fsp3) is 0.900. The van der Waals surface area contributed by atoms with E-state index in [9.17, 15) is 9.59 Å². The van der Waals surface area contributed by atoms with Gasteiger partial charge in [0.05, 0.1) is 12.7 Å². The summed E-state index contributed by atoms with van der Waals surface area (Å²) in [4.78, 5) is 20.3. The highest BCUT2D eigenvalue weighted by Crippen LogP contribution is 2.10. The van der Waals surface area contributed by atoms with Crippen LogP contribution in [0.2, 0.25) is 0 Å². The Kier molecular flexibility index (Phi) is 22.8.